The Morgan fingerprint density at radius 2 is 2.12 bits per heavy atom. The van der Waals surface area contributed by atoms with E-state index in [2.05, 4.69) is 45.8 Å². The summed E-state index contributed by atoms with van der Waals surface area (Å²) in [5.74, 6) is 0.694. The molecule has 0 saturated heterocycles. The smallest absolute Gasteiger partial charge is 0.241 e. The molecule has 1 aromatic carbocycles. The van der Waals surface area contributed by atoms with Crippen LogP contribution in [0.4, 0.5) is 5.69 Å². The molecule has 0 saturated carbocycles. The zero-order chi connectivity index (χ0) is 17.5. The minimum atomic E-state index is 0.0254. The first-order valence-corrected chi connectivity index (χ1v) is 8.56. The summed E-state index contributed by atoms with van der Waals surface area (Å²) in [6.07, 6.45) is 2.33. The van der Waals surface area contributed by atoms with Crippen LogP contribution in [-0.4, -0.2) is 57.5 Å². The Labute approximate surface area is 144 Å². The third-order valence-electron chi connectivity index (χ3n) is 4.16. The highest BCUT2D eigenvalue weighted by Crippen LogP contribution is 2.26. The van der Waals surface area contributed by atoms with Crippen LogP contribution in [-0.2, 0) is 17.8 Å². The van der Waals surface area contributed by atoms with Gasteiger partial charge in [-0.05, 0) is 37.0 Å². The summed E-state index contributed by atoms with van der Waals surface area (Å²) in [6, 6.07) is 6.58. The molecule has 0 fully saturated rings. The second-order valence-electron chi connectivity index (χ2n) is 6.33. The van der Waals surface area contributed by atoms with Gasteiger partial charge >= 0.3 is 0 Å². The predicted molar refractivity (Wildman–Crippen MR) is 99.5 cm³/mol. The second-order valence-corrected chi connectivity index (χ2v) is 6.33. The zero-order valence-corrected chi connectivity index (χ0v) is 15.2. The molecule has 1 aromatic rings. The van der Waals surface area contributed by atoms with Gasteiger partial charge in [0.25, 0.3) is 0 Å². The van der Waals surface area contributed by atoms with Crippen molar-refractivity contribution in [3.63, 3.8) is 0 Å². The minimum Gasteiger partial charge on any atom is -0.374 e. The van der Waals surface area contributed by atoms with Crippen LogP contribution >= 0.6 is 0 Å². The molecule has 1 aliphatic rings. The molecular weight excluding hydrogens is 302 g/mol. The summed E-state index contributed by atoms with van der Waals surface area (Å²) < 4.78 is 0. The highest BCUT2D eigenvalue weighted by molar-refractivity contribution is 5.86. The minimum absolute atomic E-state index is 0.0254. The number of carbonyl (C=O) groups is 1. The van der Waals surface area contributed by atoms with Crippen molar-refractivity contribution in [3.8, 4) is 0 Å². The first-order valence-electron chi connectivity index (χ1n) is 8.56. The lowest BCUT2D eigenvalue weighted by molar-refractivity contribution is -0.127. The quantitative estimate of drug-likeness (QED) is 0.629. The number of guanidine groups is 1. The van der Waals surface area contributed by atoms with Crippen molar-refractivity contribution in [3.05, 3.63) is 29.3 Å². The van der Waals surface area contributed by atoms with Crippen LogP contribution in [0.3, 0.4) is 0 Å². The standard InChI is InChI=1S/C18H29N5O/c1-5-19-18(21-13-17(24)22(2)3)20-12-14-8-9-16-15(11-14)7-6-10-23(16)4/h8-9,11H,5-7,10,12-13H2,1-4H3,(H2,19,20,21). The molecular formula is C18H29N5O. The van der Waals surface area contributed by atoms with Crippen LogP contribution in [0.5, 0.6) is 0 Å². The molecule has 0 unspecified atom stereocenters. The largest absolute Gasteiger partial charge is 0.374 e. The first-order chi connectivity index (χ1) is 11.5. The van der Waals surface area contributed by atoms with Gasteiger partial charge in [0.2, 0.25) is 5.91 Å². The zero-order valence-electron chi connectivity index (χ0n) is 15.2. The van der Waals surface area contributed by atoms with Crippen LogP contribution in [0.25, 0.3) is 0 Å². The van der Waals surface area contributed by atoms with Crippen LogP contribution in [0.2, 0.25) is 0 Å². The average Bonchev–Trinajstić information content (AvgIpc) is 2.57. The Bertz CT molecular complexity index is 597. The summed E-state index contributed by atoms with van der Waals surface area (Å²) in [5.41, 5.74) is 3.92. The van der Waals surface area contributed by atoms with Gasteiger partial charge in [0.1, 0.15) is 0 Å². The topological polar surface area (TPSA) is 60.0 Å². The maximum absolute atomic E-state index is 11.7. The SMILES string of the molecule is CCNC(=NCc1ccc2c(c1)CCCN2C)NCC(=O)N(C)C. The highest BCUT2D eigenvalue weighted by Gasteiger charge is 2.13. The molecule has 0 aromatic heterocycles. The van der Waals surface area contributed by atoms with E-state index in [1.807, 2.05) is 6.92 Å². The van der Waals surface area contributed by atoms with E-state index in [9.17, 15) is 4.79 Å². The fourth-order valence-electron chi connectivity index (χ4n) is 2.77. The Morgan fingerprint density at radius 1 is 1.33 bits per heavy atom. The van der Waals surface area contributed by atoms with Gasteiger partial charge in [0.15, 0.2) is 5.96 Å². The third kappa shape index (κ3) is 4.88. The van der Waals surface area contributed by atoms with Crippen molar-refractivity contribution in [1.82, 2.24) is 15.5 Å². The van der Waals surface area contributed by atoms with Gasteiger partial charge in [-0.15, -0.1) is 0 Å². The first kappa shape index (κ1) is 18.1. The molecule has 1 amide bonds. The third-order valence-corrected chi connectivity index (χ3v) is 4.16. The van der Waals surface area contributed by atoms with Gasteiger partial charge in [0.05, 0.1) is 13.1 Å². The van der Waals surface area contributed by atoms with E-state index < -0.39 is 0 Å². The lowest BCUT2D eigenvalue weighted by atomic mass is 10.00. The van der Waals surface area contributed by atoms with Gasteiger partial charge in [-0.25, -0.2) is 4.99 Å². The molecule has 0 spiro atoms. The number of aryl methyl sites for hydroxylation is 1. The summed E-state index contributed by atoms with van der Waals surface area (Å²) in [6.45, 7) is 4.74. The molecule has 2 N–H and O–H groups in total. The molecule has 0 radical (unpaired) electrons. The molecule has 132 valence electrons. The van der Waals surface area contributed by atoms with Crippen molar-refractivity contribution >= 4 is 17.6 Å². The maximum atomic E-state index is 11.7. The van der Waals surface area contributed by atoms with Crippen molar-refractivity contribution in [2.45, 2.75) is 26.3 Å². The van der Waals surface area contributed by atoms with E-state index in [4.69, 9.17) is 0 Å². The maximum Gasteiger partial charge on any atom is 0.241 e. The Balaban J connectivity index is 2.01. The van der Waals surface area contributed by atoms with Gasteiger partial charge in [-0.2, -0.15) is 0 Å². The van der Waals surface area contributed by atoms with E-state index in [1.54, 1.807) is 19.0 Å². The number of hydrogen-bond donors (Lipinski definition) is 2. The number of anilines is 1. The van der Waals surface area contributed by atoms with Crippen molar-refractivity contribution in [2.75, 3.05) is 45.7 Å². The fourth-order valence-corrected chi connectivity index (χ4v) is 2.77. The van der Waals surface area contributed by atoms with Crippen molar-refractivity contribution in [1.29, 1.82) is 0 Å². The number of amides is 1. The predicted octanol–water partition coefficient (Wildman–Crippen LogP) is 1.21. The Morgan fingerprint density at radius 3 is 2.83 bits per heavy atom. The van der Waals surface area contributed by atoms with Crippen LogP contribution in [0, 0.1) is 0 Å². The van der Waals surface area contributed by atoms with Crippen LogP contribution < -0.4 is 15.5 Å². The van der Waals surface area contributed by atoms with E-state index in [0.717, 1.165) is 19.5 Å². The average molecular weight is 331 g/mol. The molecule has 0 atom stereocenters. The van der Waals surface area contributed by atoms with E-state index in [1.165, 1.54) is 23.2 Å². The van der Waals surface area contributed by atoms with Crippen LogP contribution in [0.1, 0.15) is 24.5 Å². The number of nitrogens with one attached hydrogen (secondary N) is 2. The van der Waals surface area contributed by atoms with Gasteiger partial charge in [-0.1, -0.05) is 12.1 Å². The molecule has 1 aliphatic heterocycles. The fraction of sp³-hybridized carbons (Fsp3) is 0.556. The number of likely N-dealkylation sites (N-methyl/N-ethyl adjacent to an activating group) is 1. The molecule has 1 heterocycles. The van der Waals surface area contributed by atoms with Crippen LogP contribution in [0.15, 0.2) is 23.2 Å². The normalized spacial score (nSPS) is 14.2. The van der Waals surface area contributed by atoms with E-state index >= 15 is 0 Å². The number of benzene rings is 1. The lowest BCUT2D eigenvalue weighted by Crippen LogP contribution is -2.42. The number of nitrogens with zero attached hydrogens (tertiary/aromatic N) is 3. The number of hydrogen-bond acceptors (Lipinski definition) is 3. The monoisotopic (exact) mass is 331 g/mol. The van der Waals surface area contributed by atoms with Gasteiger partial charge in [0, 0.05) is 39.9 Å². The number of rotatable bonds is 5. The number of carbonyl (C=O) groups excluding carboxylic acids is 1. The van der Waals surface area contributed by atoms with E-state index in [-0.39, 0.29) is 12.5 Å². The molecule has 6 heteroatoms. The number of fused-ring (bicyclic) bond motifs is 1. The Kier molecular flexibility index (Phi) is 6.46. The second kappa shape index (κ2) is 8.57. The molecule has 2 rings (SSSR count). The lowest BCUT2D eigenvalue weighted by Gasteiger charge is -2.27. The summed E-state index contributed by atoms with van der Waals surface area (Å²) in [7, 11) is 5.64. The number of aliphatic imine (C=N–C) groups is 1. The summed E-state index contributed by atoms with van der Waals surface area (Å²) >= 11 is 0. The van der Waals surface area contributed by atoms with Crippen molar-refractivity contribution in [2.24, 2.45) is 4.99 Å². The van der Waals surface area contributed by atoms with Gasteiger partial charge in [-0.3, -0.25) is 4.79 Å². The summed E-state index contributed by atoms with van der Waals surface area (Å²) in [4.78, 5) is 20.2. The van der Waals surface area contributed by atoms with E-state index in [0.29, 0.717) is 12.5 Å². The highest BCUT2D eigenvalue weighted by atomic mass is 16.2. The Hall–Kier alpha value is -2.24. The molecule has 0 aliphatic carbocycles. The summed E-state index contributed by atoms with van der Waals surface area (Å²) in [5, 5.41) is 6.26. The molecule has 6 nitrogen and oxygen atoms in total. The molecule has 24 heavy (non-hydrogen) atoms. The van der Waals surface area contributed by atoms with Gasteiger partial charge < -0.3 is 20.4 Å². The molecule has 0 bridgehead atoms. The van der Waals surface area contributed by atoms with Crippen molar-refractivity contribution < 1.29 is 4.79 Å².